The van der Waals surface area contributed by atoms with Crippen molar-refractivity contribution < 1.29 is 9.59 Å². The van der Waals surface area contributed by atoms with Gasteiger partial charge in [0.2, 0.25) is 11.8 Å². The van der Waals surface area contributed by atoms with Gasteiger partial charge in [-0.1, -0.05) is 17.7 Å². The molecule has 6 heteroatoms. The highest BCUT2D eigenvalue weighted by Gasteiger charge is 2.12. The van der Waals surface area contributed by atoms with Crippen LogP contribution in [0.15, 0.2) is 18.2 Å². The first-order valence-corrected chi connectivity index (χ1v) is 8.14. The maximum Gasteiger partial charge on any atom is 0.226 e. The number of anilines is 1. The molecule has 0 aromatic heterocycles. The number of hydrogen-bond acceptors (Lipinski definition) is 3. The highest BCUT2D eigenvalue weighted by molar-refractivity contribution is 6.31. The topological polar surface area (TPSA) is 52.7 Å². The summed E-state index contributed by atoms with van der Waals surface area (Å²) in [5.41, 5.74) is 1.56. The summed E-state index contributed by atoms with van der Waals surface area (Å²) in [4.78, 5) is 27.5. The lowest BCUT2D eigenvalue weighted by Gasteiger charge is -2.22. The molecule has 0 saturated heterocycles. The van der Waals surface area contributed by atoms with Crippen LogP contribution in [0.25, 0.3) is 0 Å². The van der Waals surface area contributed by atoms with Gasteiger partial charge >= 0.3 is 0 Å². The molecule has 0 spiro atoms. The fraction of sp³-hybridized carbons (Fsp3) is 0.529. The smallest absolute Gasteiger partial charge is 0.226 e. The van der Waals surface area contributed by atoms with E-state index < -0.39 is 0 Å². The number of carbonyl (C=O) groups is 2. The lowest BCUT2D eigenvalue weighted by molar-refractivity contribution is -0.129. The molecular formula is C17H26ClN3O2. The fourth-order valence-corrected chi connectivity index (χ4v) is 2.37. The number of carbonyl (C=O) groups excluding carboxylic acids is 2. The average Bonchev–Trinajstić information content (AvgIpc) is 2.46. The van der Waals surface area contributed by atoms with Crippen LogP contribution in [0.5, 0.6) is 0 Å². The Morgan fingerprint density at radius 2 is 1.87 bits per heavy atom. The Kier molecular flexibility index (Phi) is 8.06. The number of nitrogens with zero attached hydrogens (tertiary/aromatic N) is 2. The van der Waals surface area contributed by atoms with E-state index in [0.29, 0.717) is 23.8 Å². The van der Waals surface area contributed by atoms with Crippen LogP contribution in [0, 0.1) is 6.92 Å². The Hall–Kier alpha value is -1.59. The van der Waals surface area contributed by atoms with Crippen LogP contribution in [0.4, 0.5) is 5.69 Å². The molecule has 128 valence electrons. The van der Waals surface area contributed by atoms with Crippen molar-refractivity contribution in [1.29, 1.82) is 0 Å². The third-order valence-corrected chi connectivity index (χ3v) is 4.04. The Morgan fingerprint density at radius 3 is 2.48 bits per heavy atom. The molecular weight excluding hydrogens is 314 g/mol. The molecule has 0 atom stereocenters. The van der Waals surface area contributed by atoms with Crippen molar-refractivity contribution in [1.82, 2.24) is 9.80 Å². The molecule has 2 amide bonds. The van der Waals surface area contributed by atoms with Crippen LogP contribution < -0.4 is 5.32 Å². The molecule has 0 radical (unpaired) electrons. The van der Waals surface area contributed by atoms with Crippen LogP contribution in [0.1, 0.15) is 25.3 Å². The summed E-state index contributed by atoms with van der Waals surface area (Å²) < 4.78 is 0. The lowest BCUT2D eigenvalue weighted by atomic mass is 10.2. The first kappa shape index (κ1) is 19.5. The van der Waals surface area contributed by atoms with Crippen molar-refractivity contribution in [2.45, 2.75) is 26.7 Å². The first-order valence-electron chi connectivity index (χ1n) is 7.76. The molecule has 0 bridgehead atoms. The zero-order valence-electron chi connectivity index (χ0n) is 14.4. The maximum atomic E-state index is 12.1. The van der Waals surface area contributed by atoms with Gasteiger partial charge < -0.3 is 15.1 Å². The summed E-state index contributed by atoms with van der Waals surface area (Å²) in [6.45, 7) is 5.40. The Balaban J connectivity index is 2.49. The van der Waals surface area contributed by atoms with Gasteiger partial charge in [-0.05, 0) is 51.7 Å². The van der Waals surface area contributed by atoms with E-state index in [9.17, 15) is 9.59 Å². The predicted octanol–water partition coefficient (Wildman–Crippen LogP) is 2.78. The molecule has 0 aliphatic rings. The number of halogens is 1. The Labute approximate surface area is 143 Å². The second-order valence-corrected chi connectivity index (χ2v) is 6.28. The predicted molar refractivity (Wildman–Crippen MR) is 94.9 cm³/mol. The quantitative estimate of drug-likeness (QED) is 0.792. The summed E-state index contributed by atoms with van der Waals surface area (Å²) in [6, 6.07) is 5.40. The van der Waals surface area contributed by atoms with Crippen molar-refractivity contribution in [3.63, 3.8) is 0 Å². The van der Waals surface area contributed by atoms with Gasteiger partial charge in [-0.15, -0.1) is 0 Å². The van der Waals surface area contributed by atoms with Crippen LogP contribution in [-0.4, -0.2) is 55.3 Å². The van der Waals surface area contributed by atoms with Crippen LogP contribution in [0.2, 0.25) is 5.02 Å². The molecule has 0 saturated carbocycles. The average molecular weight is 340 g/mol. The van der Waals surface area contributed by atoms with Crippen LogP contribution in [-0.2, 0) is 9.59 Å². The molecule has 1 rings (SSSR count). The van der Waals surface area contributed by atoms with E-state index in [-0.39, 0.29) is 18.2 Å². The second kappa shape index (κ2) is 9.53. The summed E-state index contributed by atoms with van der Waals surface area (Å²) in [5.74, 6) is -0.121. The summed E-state index contributed by atoms with van der Waals surface area (Å²) >= 11 is 6.04. The van der Waals surface area contributed by atoms with Gasteiger partial charge in [0.05, 0.1) is 0 Å². The Bertz CT molecular complexity index is 547. The molecule has 0 aliphatic heterocycles. The van der Waals surface area contributed by atoms with Gasteiger partial charge in [0.15, 0.2) is 0 Å². The maximum absolute atomic E-state index is 12.1. The number of benzene rings is 1. The minimum Gasteiger partial charge on any atom is -0.342 e. The SMILES string of the molecule is CC(=O)N(CCCN(C)C)CCC(=O)Nc1cccc(Cl)c1C. The third kappa shape index (κ3) is 7.01. The van der Waals surface area contributed by atoms with E-state index in [1.807, 2.05) is 27.1 Å². The molecule has 0 unspecified atom stereocenters. The molecule has 0 heterocycles. The van der Waals surface area contributed by atoms with Crippen LogP contribution in [0.3, 0.4) is 0 Å². The highest BCUT2D eigenvalue weighted by atomic mass is 35.5. The highest BCUT2D eigenvalue weighted by Crippen LogP contribution is 2.22. The molecule has 23 heavy (non-hydrogen) atoms. The van der Waals surface area contributed by atoms with Gasteiger partial charge in [-0.25, -0.2) is 0 Å². The van der Waals surface area contributed by atoms with Crippen LogP contribution >= 0.6 is 11.6 Å². The van der Waals surface area contributed by atoms with E-state index in [0.717, 1.165) is 18.5 Å². The van der Waals surface area contributed by atoms with Gasteiger partial charge in [0.1, 0.15) is 0 Å². The standard InChI is InChI=1S/C17H26ClN3O2/c1-13-15(18)7-5-8-16(13)19-17(23)9-12-21(14(2)22)11-6-10-20(3)4/h5,7-8H,6,9-12H2,1-4H3,(H,19,23). The van der Waals surface area contributed by atoms with Gasteiger partial charge in [0.25, 0.3) is 0 Å². The van der Waals surface area contributed by atoms with Crippen molar-refractivity contribution >= 4 is 29.1 Å². The van der Waals surface area contributed by atoms with E-state index in [4.69, 9.17) is 11.6 Å². The van der Waals surface area contributed by atoms with Crippen molar-refractivity contribution in [2.75, 3.05) is 39.0 Å². The van der Waals surface area contributed by atoms with Crippen molar-refractivity contribution in [2.24, 2.45) is 0 Å². The fourth-order valence-electron chi connectivity index (χ4n) is 2.20. The Morgan fingerprint density at radius 1 is 1.17 bits per heavy atom. The van der Waals surface area contributed by atoms with Gasteiger partial charge in [-0.2, -0.15) is 0 Å². The lowest BCUT2D eigenvalue weighted by Crippen LogP contribution is -2.34. The summed E-state index contributed by atoms with van der Waals surface area (Å²) in [6.07, 6.45) is 1.16. The molecule has 1 N–H and O–H groups in total. The molecule has 0 aliphatic carbocycles. The first-order chi connectivity index (χ1) is 10.8. The molecule has 1 aromatic rings. The monoisotopic (exact) mass is 339 g/mol. The molecule has 5 nitrogen and oxygen atoms in total. The van der Waals surface area contributed by atoms with E-state index in [1.54, 1.807) is 17.0 Å². The number of rotatable bonds is 8. The summed E-state index contributed by atoms with van der Waals surface area (Å²) in [7, 11) is 4.00. The van der Waals surface area contributed by atoms with E-state index >= 15 is 0 Å². The van der Waals surface area contributed by atoms with E-state index in [1.165, 1.54) is 6.92 Å². The largest absolute Gasteiger partial charge is 0.342 e. The number of nitrogens with one attached hydrogen (secondary N) is 1. The number of amides is 2. The third-order valence-electron chi connectivity index (χ3n) is 3.63. The normalized spacial score (nSPS) is 10.7. The van der Waals surface area contributed by atoms with Gasteiger partial charge in [0, 0.05) is 37.1 Å². The molecule has 1 aromatic carbocycles. The minimum atomic E-state index is -0.116. The van der Waals surface area contributed by atoms with Crippen molar-refractivity contribution in [3.8, 4) is 0 Å². The van der Waals surface area contributed by atoms with E-state index in [2.05, 4.69) is 10.2 Å². The van der Waals surface area contributed by atoms with Gasteiger partial charge in [-0.3, -0.25) is 9.59 Å². The molecule has 0 fully saturated rings. The zero-order valence-corrected chi connectivity index (χ0v) is 15.1. The minimum absolute atomic E-state index is 0.00417. The van der Waals surface area contributed by atoms with Crippen molar-refractivity contribution in [3.05, 3.63) is 28.8 Å². The zero-order chi connectivity index (χ0) is 17.4. The number of hydrogen-bond donors (Lipinski definition) is 1. The second-order valence-electron chi connectivity index (χ2n) is 5.87. The summed E-state index contributed by atoms with van der Waals surface area (Å²) in [5, 5.41) is 3.47.